The maximum absolute atomic E-state index is 10.8. The highest BCUT2D eigenvalue weighted by atomic mass is 16.3. The average molecular weight is 252 g/mol. The predicted molar refractivity (Wildman–Crippen MR) is 78.0 cm³/mol. The Bertz CT molecular complexity index is 554. The van der Waals surface area contributed by atoms with E-state index in [0.717, 1.165) is 12.0 Å². The summed E-state index contributed by atoms with van der Waals surface area (Å²) in [5.74, 6) is 0.829. The molecule has 1 aliphatic rings. The van der Waals surface area contributed by atoms with Crippen molar-refractivity contribution < 1.29 is 5.11 Å². The van der Waals surface area contributed by atoms with Crippen molar-refractivity contribution in [3.8, 4) is 0 Å². The van der Waals surface area contributed by atoms with Crippen LogP contribution in [0.2, 0.25) is 0 Å². The molecule has 1 N–H and O–H groups in total. The van der Waals surface area contributed by atoms with Gasteiger partial charge in [0.25, 0.3) is 0 Å². The predicted octanol–water partition coefficient (Wildman–Crippen LogP) is 4.01. The molecule has 1 fully saturated rings. The Balaban J connectivity index is 1.82. The van der Waals surface area contributed by atoms with Crippen molar-refractivity contribution in [2.24, 2.45) is 5.92 Å². The molecule has 0 aromatic heterocycles. The normalized spacial score (nSPS) is 24.8. The van der Waals surface area contributed by atoms with Crippen molar-refractivity contribution >= 4 is 0 Å². The van der Waals surface area contributed by atoms with Gasteiger partial charge in [0, 0.05) is 0 Å². The van der Waals surface area contributed by atoms with Gasteiger partial charge >= 0.3 is 0 Å². The standard InChI is InChI=1S/C18H20O/c1-13-8-10-15(11-9-13)18(2,19)17-12-16(17)14-6-4-3-5-7-14/h3-11,16-17,19H,12H2,1-2H3. The van der Waals surface area contributed by atoms with E-state index in [0.29, 0.717) is 11.8 Å². The summed E-state index contributed by atoms with van der Waals surface area (Å²) < 4.78 is 0. The fourth-order valence-electron chi connectivity index (χ4n) is 2.99. The van der Waals surface area contributed by atoms with Crippen LogP contribution in [-0.4, -0.2) is 5.11 Å². The molecule has 0 amide bonds. The van der Waals surface area contributed by atoms with Crippen LogP contribution in [0.25, 0.3) is 0 Å². The van der Waals surface area contributed by atoms with Gasteiger partial charge in [0.15, 0.2) is 0 Å². The van der Waals surface area contributed by atoms with E-state index in [2.05, 4.69) is 55.5 Å². The fraction of sp³-hybridized carbons (Fsp3) is 0.333. The van der Waals surface area contributed by atoms with Crippen LogP contribution in [0.3, 0.4) is 0 Å². The zero-order valence-corrected chi connectivity index (χ0v) is 11.5. The lowest BCUT2D eigenvalue weighted by atomic mass is 9.88. The molecule has 3 atom stereocenters. The summed E-state index contributed by atoms with van der Waals surface area (Å²) in [5.41, 5.74) is 2.88. The van der Waals surface area contributed by atoms with Crippen LogP contribution < -0.4 is 0 Å². The third-order valence-corrected chi connectivity index (χ3v) is 4.38. The lowest BCUT2D eigenvalue weighted by molar-refractivity contribution is 0.0309. The minimum atomic E-state index is -0.728. The van der Waals surface area contributed by atoms with Gasteiger partial charge in [-0.05, 0) is 43.2 Å². The summed E-state index contributed by atoms with van der Waals surface area (Å²) >= 11 is 0. The molecule has 98 valence electrons. The molecule has 0 spiro atoms. The Hall–Kier alpha value is -1.60. The van der Waals surface area contributed by atoms with Gasteiger partial charge in [-0.3, -0.25) is 0 Å². The molecule has 0 radical (unpaired) electrons. The van der Waals surface area contributed by atoms with Gasteiger partial charge in [-0.1, -0.05) is 60.2 Å². The quantitative estimate of drug-likeness (QED) is 0.875. The fourth-order valence-corrected chi connectivity index (χ4v) is 2.99. The maximum Gasteiger partial charge on any atom is 0.0902 e. The molecule has 3 rings (SSSR count). The number of aryl methyl sites for hydroxylation is 1. The van der Waals surface area contributed by atoms with Crippen molar-refractivity contribution in [1.82, 2.24) is 0 Å². The van der Waals surface area contributed by atoms with E-state index in [1.54, 1.807) is 0 Å². The van der Waals surface area contributed by atoms with Crippen molar-refractivity contribution in [2.75, 3.05) is 0 Å². The van der Waals surface area contributed by atoms with Crippen LogP contribution in [0, 0.1) is 12.8 Å². The van der Waals surface area contributed by atoms with E-state index in [1.807, 2.05) is 13.0 Å². The molecule has 1 saturated carbocycles. The van der Waals surface area contributed by atoms with E-state index < -0.39 is 5.60 Å². The topological polar surface area (TPSA) is 20.2 Å². The van der Waals surface area contributed by atoms with E-state index in [9.17, 15) is 5.11 Å². The highest BCUT2D eigenvalue weighted by Gasteiger charge is 2.50. The molecular weight excluding hydrogens is 232 g/mol. The lowest BCUT2D eigenvalue weighted by Gasteiger charge is -2.24. The Kier molecular flexibility index (Phi) is 2.94. The number of rotatable bonds is 3. The highest BCUT2D eigenvalue weighted by Crippen LogP contribution is 2.56. The summed E-state index contributed by atoms with van der Waals surface area (Å²) in [4.78, 5) is 0. The molecule has 0 saturated heterocycles. The molecular formula is C18H20O. The third kappa shape index (κ3) is 2.31. The van der Waals surface area contributed by atoms with Crippen molar-refractivity contribution in [3.05, 3.63) is 71.3 Å². The van der Waals surface area contributed by atoms with Gasteiger partial charge in [-0.2, -0.15) is 0 Å². The maximum atomic E-state index is 10.8. The van der Waals surface area contributed by atoms with Gasteiger partial charge in [-0.15, -0.1) is 0 Å². The molecule has 1 aliphatic carbocycles. The molecule has 0 heterocycles. The summed E-state index contributed by atoms with van der Waals surface area (Å²) in [6, 6.07) is 18.8. The van der Waals surface area contributed by atoms with Crippen molar-refractivity contribution in [3.63, 3.8) is 0 Å². The van der Waals surface area contributed by atoms with Crippen LogP contribution in [-0.2, 0) is 5.60 Å². The highest BCUT2D eigenvalue weighted by molar-refractivity contribution is 5.33. The van der Waals surface area contributed by atoms with Gasteiger partial charge in [0.1, 0.15) is 0 Å². The summed E-state index contributed by atoms with van der Waals surface area (Å²) in [5, 5.41) is 10.8. The van der Waals surface area contributed by atoms with Gasteiger partial charge in [0.05, 0.1) is 5.60 Å². The zero-order valence-electron chi connectivity index (χ0n) is 11.5. The lowest BCUT2D eigenvalue weighted by Crippen LogP contribution is -2.24. The second kappa shape index (κ2) is 4.50. The van der Waals surface area contributed by atoms with E-state index in [-0.39, 0.29) is 0 Å². The van der Waals surface area contributed by atoms with Gasteiger partial charge in [0.2, 0.25) is 0 Å². The van der Waals surface area contributed by atoms with Gasteiger partial charge in [-0.25, -0.2) is 0 Å². The largest absolute Gasteiger partial charge is 0.385 e. The second-order valence-corrected chi connectivity index (χ2v) is 5.87. The van der Waals surface area contributed by atoms with Gasteiger partial charge < -0.3 is 5.11 Å². The first-order valence-electron chi connectivity index (χ1n) is 6.93. The van der Waals surface area contributed by atoms with Crippen molar-refractivity contribution in [2.45, 2.75) is 31.8 Å². The Morgan fingerprint density at radius 1 is 1.00 bits per heavy atom. The first-order valence-corrected chi connectivity index (χ1v) is 6.93. The minimum absolute atomic E-state index is 0.331. The summed E-state index contributed by atoms with van der Waals surface area (Å²) in [6.45, 7) is 4.02. The number of benzene rings is 2. The SMILES string of the molecule is Cc1ccc(C(C)(O)C2CC2c2ccccc2)cc1. The smallest absolute Gasteiger partial charge is 0.0902 e. The Labute approximate surface area is 114 Å². The van der Waals surface area contributed by atoms with Crippen LogP contribution in [0.1, 0.15) is 36.0 Å². The Morgan fingerprint density at radius 2 is 1.63 bits per heavy atom. The number of hydrogen-bond donors (Lipinski definition) is 1. The van der Waals surface area contributed by atoms with Crippen LogP contribution in [0.15, 0.2) is 54.6 Å². The monoisotopic (exact) mass is 252 g/mol. The third-order valence-electron chi connectivity index (χ3n) is 4.38. The molecule has 19 heavy (non-hydrogen) atoms. The average Bonchev–Trinajstić information content (AvgIpc) is 3.21. The molecule has 1 nitrogen and oxygen atoms in total. The second-order valence-electron chi connectivity index (χ2n) is 5.87. The number of aliphatic hydroxyl groups is 1. The van der Waals surface area contributed by atoms with E-state index in [1.165, 1.54) is 11.1 Å². The van der Waals surface area contributed by atoms with Crippen LogP contribution in [0.5, 0.6) is 0 Å². The first kappa shape index (κ1) is 12.4. The van der Waals surface area contributed by atoms with Crippen LogP contribution >= 0.6 is 0 Å². The zero-order chi connectivity index (χ0) is 13.5. The number of hydrogen-bond acceptors (Lipinski definition) is 1. The minimum Gasteiger partial charge on any atom is -0.385 e. The summed E-state index contributed by atoms with van der Waals surface area (Å²) in [6.07, 6.45) is 1.07. The van der Waals surface area contributed by atoms with E-state index in [4.69, 9.17) is 0 Å². The van der Waals surface area contributed by atoms with E-state index >= 15 is 0 Å². The summed E-state index contributed by atoms with van der Waals surface area (Å²) in [7, 11) is 0. The molecule has 0 aliphatic heterocycles. The van der Waals surface area contributed by atoms with Crippen molar-refractivity contribution in [1.29, 1.82) is 0 Å². The molecule has 2 aromatic carbocycles. The van der Waals surface area contributed by atoms with Crippen LogP contribution in [0.4, 0.5) is 0 Å². The molecule has 2 aromatic rings. The molecule has 3 unspecified atom stereocenters. The molecule has 0 bridgehead atoms. The first-order chi connectivity index (χ1) is 9.09. The molecule has 1 heteroatoms. The Morgan fingerprint density at radius 3 is 2.26 bits per heavy atom.